The summed E-state index contributed by atoms with van der Waals surface area (Å²) in [5, 5.41) is 5.53. The molecule has 0 fully saturated rings. The van der Waals surface area contributed by atoms with Crippen LogP contribution in [0.4, 0.5) is 11.4 Å². The van der Waals surface area contributed by atoms with Crippen LogP contribution in [-0.2, 0) is 23.1 Å². The Kier molecular flexibility index (Phi) is 4.29. The molecule has 122 valence electrons. The van der Waals surface area contributed by atoms with E-state index in [0.29, 0.717) is 11.4 Å². The number of aromatic nitrogens is 2. The number of rotatable bonds is 4. The lowest BCUT2D eigenvalue weighted by atomic mass is 10.1. The number of nitrogens with one attached hydrogen (secondary N) is 2. The molecule has 0 aliphatic rings. The molecule has 2 amide bonds. The zero-order valence-corrected chi connectivity index (χ0v) is 13.5. The zero-order valence-electron chi connectivity index (χ0n) is 13.5. The normalized spacial score (nSPS) is 10.6. The minimum atomic E-state index is -0.128. The number of fused-ring (bicyclic) bond motifs is 1. The molecule has 6 nitrogen and oxygen atoms in total. The predicted molar refractivity (Wildman–Crippen MR) is 93.8 cm³/mol. The van der Waals surface area contributed by atoms with Gasteiger partial charge in [-0.05, 0) is 42.0 Å². The molecule has 24 heavy (non-hydrogen) atoms. The number of aryl methyl sites for hydroxylation is 1. The predicted octanol–water partition coefficient (Wildman–Crippen LogP) is 2.71. The molecule has 3 aromatic rings. The van der Waals surface area contributed by atoms with Gasteiger partial charge in [-0.15, -0.1) is 0 Å². The van der Waals surface area contributed by atoms with Crippen LogP contribution in [0.15, 0.2) is 48.8 Å². The molecule has 1 heterocycles. The summed E-state index contributed by atoms with van der Waals surface area (Å²) in [5.74, 6) is -0.228. The Morgan fingerprint density at radius 2 is 1.71 bits per heavy atom. The fourth-order valence-electron chi connectivity index (χ4n) is 2.52. The monoisotopic (exact) mass is 322 g/mol. The summed E-state index contributed by atoms with van der Waals surface area (Å²) >= 11 is 0. The molecule has 0 bridgehead atoms. The van der Waals surface area contributed by atoms with Crippen molar-refractivity contribution in [3.8, 4) is 0 Å². The summed E-state index contributed by atoms with van der Waals surface area (Å²) in [6, 6.07) is 12.8. The van der Waals surface area contributed by atoms with Gasteiger partial charge in [0.15, 0.2) is 0 Å². The Labute approximate surface area is 139 Å². The smallest absolute Gasteiger partial charge is 0.228 e. The Bertz CT molecular complexity index is 897. The first-order valence-corrected chi connectivity index (χ1v) is 7.59. The van der Waals surface area contributed by atoms with Crippen molar-refractivity contribution >= 4 is 34.2 Å². The molecule has 0 saturated heterocycles. The number of carbonyl (C=O) groups is 2. The lowest BCUT2D eigenvalue weighted by molar-refractivity contribution is -0.116. The maximum atomic E-state index is 12.2. The average Bonchev–Trinajstić information content (AvgIpc) is 2.89. The third-order valence-corrected chi connectivity index (χ3v) is 3.64. The Hall–Kier alpha value is -3.15. The van der Waals surface area contributed by atoms with Gasteiger partial charge in [-0.3, -0.25) is 9.59 Å². The number of amides is 2. The van der Waals surface area contributed by atoms with Crippen LogP contribution in [0.2, 0.25) is 0 Å². The van der Waals surface area contributed by atoms with Gasteiger partial charge in [-0.1, -0.05) is 6.07 Å². The molecule has 0 spiro atoms. The van der Waals surface area contributed by atoms with Gasteiger partial charge < -0.3 is 15.2 Å². The van der Waals surface area contributed by atoms with Crippen LogP contribution < -0.4 is 10.6 Å². The van der Waals surface area contributed by atoms with Crippen LogP contribution in [0.5, 0.6) is 0 Å². The van der Waals surface area contributed by atoms with Gasteiger partial charge in [-0.2, -0.15) is 0 Å². The van der Waals surface area contributed by atoms with E-state index in [1.165, 1.54) is 6.92 Å². The number of carbonyl (C=O) groups excluding carboxylic acids is 2. The molecule has 0 saturated carbocycles. The number of hydrogen-bond donors (Lipinski definition) is 2. The van der Waals surface area contributed by atoms with Gasteiger partial charge in [0, 0.05) is 25.3 Å². The molecule has 0 atom stereocenters. The number of hydrogen-bond acceptors (Lipinski definition) is 3. The van der Waals surface area contributed by atoms with E-state index >= 15 is 0 Å². The van der Waals surface area contributed by atoms with Crippen molar-refractivity contribution in [3.63, 3.8) is 0 Å². The van der Waals surface area contributed by atoms with Gasteiger partial charge in [0.2, 0.25) is 11.8 Å². The highest BCUT2D eigenvalue weighted by atomic mass is 16.2. The zero-order chi connectivity index (χ0) is 17.1. The van der Waals surface area contributed by atoms with E-state index in [0.717, 1.165) is 16.6 Å². The van der Waals surface area contributed by atoms with Gasteiger partial charge in [0.25, 0.3) is 0 Å². The summed E-state index contributed by atoms with van der Waals surface area (Å²) in [6.07, 6.45) is 2.03. The molecule has 2 N–H and O–H groups in total. The van der Waals surface area contributed by atoms with E-state index in [2.05, 4.69) is 15.6 Å². The Morgan fingerprint density at radius 3 is 2.38 bits per heavy atom. The average molecular weight is 322 g/mol. The topological polar surface area (TPSA) is 76.0 Å². The second kappa shape index (κ2) is 6.54. The maximum absolute atomic E-state index is 12.2. The third-order valence-electron chi connectivity index (χ3n) is 3.64. The van der Waals surface area contributed by atoms with Crippen molar-refractivity contribution in [1.29, 1.82) is 0 Å². The maximum Gasteiger partial charge on any atom is 0.228 e. The minimum absolute atomic E-state index is 0.0995. The molecule has 0 unspecified atom stereocenters. The van der Waals surface area contributed by atoms with Crippen LogP contribution in [-0.4, -0.2) is 21.4 Å². The lowest BCUT2D eigenvalue weighted by Gasteiger charge is -2.07. The first kappa shape index (κ1) is 15.7. The van der Waals surface area contributed by atoms with Crippen LogP contribution >= 0.6 is 0 Å². The highest BCUT2D eigenvalue weighted by Crippen LogP contribution is 2.16. The van der Waals surface area contributed by atoms with Crippen molar-refractivity contribution in [2.75, 3.05) is 10.6 Å². The lowest BCUT2D eigenvalue weighted by Crippen LogP contribution is -2.14. The van der Waals surface area contributed by atoms with Crippen LogP contribution in [0.3, 0.4) is 0 Å². The van der Waals surface area contributed by atoms with Gasteiger partial charge in [0.05, 0.1) is 23.8 Å². The van der Waals surface area contributed by atoms with E-state index in [4.69, 9.17) is 0 Å². The standard InChI is InChI=1S/C18H18N4O2/c1-12(23)20-14-4-6-15(7-5-14)21-18(24)10-13-3-8-17-16(9-13)19-11-22(17)2/h3-9,11H,10H2,1-2H3,(H,20,23)(H,21,24). The van der Waals surface area contributed by atoms with Crippen molar-refractivity contribution in [3.05, 3.63) is 54.4 Å². The van der Waals surface area contributed by atoms with E-state index in [-0.39, 0.29) is 18.2 Å². The SMILES string of the molecule is CC(=O)Nc1ccc(NC(=O)Cc2ccc3c(c2)ncn3C)cc1. The summed E-state index contributed by atoms with van der Waals surface area (Å²) in [7, 11) is 1.94. The number of benzene rings is 2. The van der Waals surface area contributed by atoms with Gasteiger partial charge >= 0.3 is 0 Å². The quantitative estimate of drug-likeness (QED) is 0.775. The number of nitrogens with zero attached hydrogens (tertiary/aromatic N) is 2. The first-order chi connectivity index (χ1) is 11.5. The summed E-state index contributed by atoms with van der Waals surface area (Å²) < 4.78 is 1.94. The van der Waals surface area contributed by atoms with Crippen molar-refractivity contribution in [1.82, 2.24) is 9.55 Å². The summed E-state index contributed by atoms with van der Waals surface area (Å²) in [5.41, 5.74) is 4.21. The molecule has 0 aliphatic carbocycles. The largest absolute Gasteiger partial charge is 0.334 e. The molecular weight excluding hydrogens is 304 g/mol. The van der Waals surface area contributed by atoms with Crippen LogP contribution in [0.25, 0.3) is 11.0 Å². The van der Waals surface area contributed by atoms with E-state index in [1.807, 2.05) is 29.8 Å². The Morgan fingerprint density at radius 1 is 1.04 bits per heavy atom. The molecule has 6 heteroatoms. The van der Waals surface area contributed by atoms with E-state index in [1.54, 1.807) is 30.6 Å². The van der Waals surface area contributed by atoms with Gasteiger partial charge in [0.1, 0.15) is 0 Å². The molecule has 1 aromatic heterocycles. The molecule has 0 radical (unpaired) electrons. The second-order valence-corrected chi connectivity index (χ2v) is 5.66. The highest BCUT2D eigenvalue weighted by molar-refractivity contribution is 5.93. The Balaban J connectivity index is 1.64. The minimum Gasteiger partial charge on any atom is -0.334 e. The van der Waals surface area contributed by atoms with Crippen molar-refractivity contribution in [2.45, 2.75) is 13.3 Å². The third kappa shape index (κ3) is 3.60. The number of anilines is 2. The highest BCUT2D eigenvalue weighted by Gasteiger charge is 2.07. The molecule has 0 aliphatic heterocycles. The summed E-state index contributed by atoms with van der Waals surface area (Å²) in [4.78, 5) is 27.5. The van der Waals surface area contributed by atoms with E-state index < -0.39 is 0 Å². The molecular formula is C18H18N4O2. The van der Waals surface area contributed by atoms with E-state index in [9.17, 15) is 9.59 Å². The van der Waals surface area contributed by atoms with Gasteiger partial charge in [-0.25, -0.2) is 4.98 Å². The molecule has 2 aromatic carbocycles. The molecule has 3 rings (SSSR count). The summed E-state index contributed by atoms with van der Waals surface area (Å²) in [6.45, 7) is 1.45. The fraction of sp³-hybridized carbons (Fsp3) is 0.167. The number of imidazole rings is 1. The van der Waals surface area contributed by atoms with Crippen molar-refractivity contribution in [2.24, 2.45) is 7.05 Å². The van der Waals surface area contributed by atoms with Crippen LogP contribution in [0.1, 0.15) is 12.5 Å². The fourth-order valence-corrected chi connectivity index (χ4v) is 2.52. The van der Waals surface area contributed by atoms with Crippen LogP contribution in [0, 0.1) is 0 Å². The second-order valence-electron chi connectivity index (χ2n) is 5.66. The van der Waals surface area contributed by atoms with Crippen molar-refractivity contribution < 1.29 is 9.59 Å². The first-order valence-electron chi connectivity index (χ1n) is 7.59.